The normalized spacial score (nSPS) is 24.4. The Kier molecular flexibility index (Phi) is 2.35. The molecule has 0 unspecified atom stereocenters. The number of carbonyl (C=O) groups is 1. The Balaban J connectivity index is 1.92. The van der Waals surface area contributed by atoms with E-state index in [1.807, 2.05) is 6.92 Å². The van der Waals surface area contributed by atoms with Crippen molar-refractivity contribution in [3.8, 4) is 0 Å². The number of amides is 1. The van der Waals surface area contributed by atoms with Crippen molar-refractivity contribution in [2.24, 2.45) is 16.0 Å². The van der Waals surface area contributed by atoms with Crippen molar-refractivity contribution in [1.29, 1.82) is 0 Å². The maximum Gasteiger partial charge on any atom is 0.251 e. The number of aliphatic imine (C=N–C) groups is 1. The van der Waals surface area contributed by atoms with E-state index >= 15 is 0 Å². The van der Waals surface area contributed by atoms with Crippen LogP contribution in [0.2, 0.25) is 0 Å². The number of nitrogens with zero attached hydrogens (tertiary/aromatic N) is 3. The smallest absolute Gasteiger partial charge is 0.251 e. The van der Waals surface area contributed by atoms with Gasteiger partial charge in [-0.3, -0.25) is 4.79 Å². The van der Waals surface area contributed by atoms with Crippen molar-refractivity contribution >= 4 is 27.9 Å². The standard InChI is InChI=1S/C8H10N3OS/c1-2-6-10-11-8(13-6)9-7(12)5-3-4-5/h5H,2-4H2,1H3. The SMILES string of the molecule is CCC1=N[N]C(=NC(=O)C2CC2)S1. The highest BCUT2D eigenvalue weighted by molar-refractivity contribution is 8.26. The fraction of sp³-hybridized carbons (Fsp3) is 0.625. The van der Waals surface area contributed by atoms with Gasteiger partial charge in [0.2, 0.25) is 5.17 Å². The lowest BCUT2D eigenvalue weighted by Crippen LogP contribution is -2.05. The Morgan fingerprint density at radius 1 is 1.69 bits per heavy atom. The molecule has 5 heteroatoms. The number of rotatable bonds is 2. The third-order valence-electron chi connectivity index (χ3n) is 1.89. The molecule has 2 aliphatic rings. The van der Waals surface area contributed by atoms with Crippen LogP contribution in [0.3, 0.4) is 0 Å². The molecule has 0 aromatic rings. The zero-order chi connectivity index (χ0) is 9.26. The highest BCUT2D eigenvalue weighted by Crippen LogP contribution is 2.30. The first-order valence-electron chi connectivity index (χ1n) is 4.37. The molecular weight excluding hydrogens is 186 g/mol. The van der Waals surface area contributed by atoms with Gasteiger partial charge in [0.15, 0.2) is 0 Å². The molecule has 1 amide bonds. The minimum atomic E-state index is -0.0289. The van der Waals surface area contributed by atoms with Crippen LogP contribution in [0, 0.1) is 5.92 Å². The van der Waals surface area contributed by atoms with Crippen molar-refractivity contribution in [1.82, 2.24) is 5.43 Å². The zero-order valence-electron chi connectivity index (χ0n) is 7.36. The molecule has 1 saturated carbocycles. The lowest BCUT2D eigenvalue weighted by molar-refractivity contribution is -0.118. The number of carbonyl (C=O) groups excluding carboxylic acids is 1. The van der Waals surface area contributed by atoms with E-state index in [0.29, 0.717) is 5.17 Å². The molecule has 0 aromatic carbocycles. The average Bonchev–Trinajstić information content (AvgIpc) is 2.88. The van der Waals surface area contributed by atoms with Crippen molar-refractivity contribution in [2.75, 3.05) is 0 Å². The van der Waals surface area contributed by atoms with Crippen LogP contribution in [0.1, 0.15) is 26.2 Å². The average molecular weight is 196 g/mol. The molecular formula is C8H10N3OS. The predicted octanol–water partition coefficient (Wildman–Crippen LogP) is 1.35. The molecule has 1 radical (unpaired) electrons. The van der Waals surface area contributed by atoms with Crippen LogP contribution >= 0.6 is 11.8 Å². The monoisotopic (exact) mass is 196 g/mol. The second-order valence-corrected chi connectivity index (χ2v) is 4.10. The molecule has 4 nitrogen and oxygen atoms in total. The fourth-order valence-electron chi connectivity index (χ4n) is 0.949. The van der Waals surface area contributed by atoms with E-state index < -0.39 is 0 Å². The first-order valence-corrected chi connectivity index (χ1v) is 5.19. The highest BCUT2D eigenvalue weighted by atomic mass is 32.2. The largest absolute Gasteiger partial charge is 0.272 e. The molecule has 2 rings (SSSR count). The van der Waals surface area contributed by atoms with Crippen LogP contribution in [0.4, 0.5) is 0 Å². The molecule has 69 valence electrons. The van der Waals surface area contributed by atoms with Gasteiger partial charge in [-0.15, -0.1) is 10.5 Å². The summed E-state index contributed by atoms with van der Waals surface area (Å²) in [7, 11) is 0. The first kappa shape index (κ1) is 8.74. The van der Waals surface area contributed by atoms with Crippen LogP contribution in [-0.4, -0.2) is 16.1 Å². The van der Waals surface area contributed by atoms with E-state index in [9.17, 15) is 4.79 Å². The Morgan fingerprint density at radius 3 is 3.00 bits per heavy atom. The van der Waals surface area contributed by atoms with Gasteiger partial charge in [0.25, 0.3) is 5.91 Å². The minimum absolute atomic E-state index is 0.0289. The molecule has 0 atom stereocenters. The molecule has 0 bridgehead atoms. The summed E-state index contributed by atoms with van der Waals surface area (Å²) in [4.78, 5) is 15.1. The molecule has 0 saturated heterocycles. The summed E-state index contributed by atoms with van der Waals surface area (Å²) in [5.41, 5.74) is 3.82. The minimum Gasteiger partial charge on any atom is -0.272 e. The molecule has 0 N–H and O–H groups in total. The quantitative estimate of drug-likeness (QED) is 0.669. The van der Waals surface area contributed by atoms with Crippen LogP contribution in [0.5, 0.6) is 0 Å². The van der Waals surface area contributed by atoms with E-state index in [-0.39, 0.29) is 11.8 Å². The molecule has 1 aliphatic carbocycles. The summed E-state index contributed by atoms with van der Waals surface area (Å²) in [6.45, 7) is 2.01. The van der Waals surface area contributed by atoms with Gasteiger partial charge >= 0.3 is 0 Å². The number of thioether (sulfide) groups is 1. The third kappa shape index (κ3) is 2.09. The van der Waals surface area contributed by atoms with E-state index in [1.165, 1.54) is 11.8 Å². The Labute approximate surface area is 80.9 Å². The van der Waals surface area contributed by atoms with Gasteiger partial charge in [0, 0.05) is 5.92 Å². The van der Waals surface area contributed by atoms with Gasteiger partial charge in [-0.2, -0.15) is 4.99 Å². The Bertz CT molecular complexity index is 294. The van der Waals surface area contributed by atoms with Crippen molar-refractivity contribution in [3.63, 3.8) is 0 Å². The lowest BCUT2D eigenvalue weighted by atomic mass is 10.4. The molecule has 0 aromatic heterocycles. The lowest BCUT2D eigenvalue weighted by Gasteiger charge is -1.91. The fourth-order valence-corrected chi connectivity index (χ4v) is 1.60. The summed E-state index contributed by atoms with van der Waals surface area (Å²) >= 11 is 1.40. The summed E-state index contributed by atoms with van der Waals surface area (Å²) in [6, 6.07) is 0. The second-order valence-electron chi connectivity index (χ2n) is 3.06. The molecule has 1 fully saturated rings. The predicted molar refractivity (Wildman–Crippen MR) is 52.6 cm³/mol. The number of amidine groups is 1. The van der Waals surface area contributed by atoms with E-state index in [1.54, 1.807) is 0 Å². The highest BCUT2D eigenvalue weighted by Gasteiger charge is 2.30. The maximum absolute atomic E-state index is 11.2. The number of hydrogen-bond donors (Lipinski definition) is 0. The second kappa shape index (κ2) is 3.49. The van der Waals surface area contributed by atoms with Gasteiger partial charge in [0.1, 0.15) is 5.04 Å². The van der Waals surface area contributed by atoms with Gasteiger partial charge < -0.3 is 0 Å². The number of hydrogen-bond acceptors (Lipinski definition) is 3. The van der Waals surface area contributed by atoms with Gasteiger partial charge in [-0.1, -0.05) is 6.92 Å². The Hall–Kier alpha value is -0.840. The molecule has 0 spiro atoms. The van der Waals surface area contributed by atoms with Gasteiger partial charge in [-0.05, 0) is 31.0 Å². The van der Waals surface area contributed by atoms with Crippen molar-refractivity contribution < 1.29 is 4.79 Å². The molecule has 1 aliphatic heterocycles. The first-order chi connectivity index (χ1) is 6.29. The topological polar surface area (TPSA) is 55.9 Å². The molecule has 1 heterocycles. The maximum atomic E-state index is 11.2. The van der Waals surface area contributed by atoms with Gasteiger partial charge in [-0.25, -0.2) is 0 Å². The zero-order valence-corrected chi connectivity index (χ0v) is 8.17. The van der Waals surface area contributed by atoms with Crippen molar-refractivity contribution in [3.05, 3.63) is 0 Å². The third-order valence-corrected chi connectivity index (χ3v) is 2.85. The van der Waals surface area contributed by atoms with Gasteiger partial charge in [0.05, 0.1) is 0 Å². The summed E-state index contributed by atoms with van der Waals surface area (Å²) in [5, 5.41) is 5.33. The Morgan fingerprint density at radius 2 is 2.46 bits per heavy atom. The van der Waals surface area contributed by atoms with Crippen molar-refractivity contribution in [2.45, 2.75) is 26.2 Å². The van der Waals surface area contributed by atoms with Crippen LogP contribution < -0.4 is 5.43 Å². The van der Waals surface area contributed by atoms with Crippen LogP contribution in [-0.2, 0) is 4.79 Å². The van der Waals surface area contributed by atoms with E-state index in [2.05, 4.69) is 15.5 Å². The summed E-state index contributed by atoms with van der Waals surface area (Å²) in [5.74, 6) is 0.146. The van der Waals surface area contributed by atoms with Crippen LogP contribution in [0.15, 0.2) is 10.1 Å². The van der Waals surface area contributed by atoms with Crippen LogP contribution in [0.25, 0.3) is 0 Å². The summed E-state index contributed by atoms with van der Waals surface area (Å²) in [6.07, 6.45) is 2.83. The molecule has 13 heavy (non-hydrogen) atoms. The van der Waals surface area contributed by atoms with E-state index in [0.717, 1.165) is 24.3 Å². The van der Waals surface area contributed by atoms with E-state index in [4.69, 9.17) is 0 Å². The summed E-state index contributed by atoms with van der Waals surface area (Å²) < 4.78 is 0.